The van der Waals surface area contributed by atoms with Crippen molar-refractivity contribution < 1.29 is 0 Å². The van der Waals surface area contributed by atoms with Crippen LogP contribution >= 0.6 is 31.9 Å². The van der Waals surface area contributed by atoms with Crippen molar-refractivity contribution in [1.29, 1.82) is 0 Å². The predicted molar refractivity (Wildman–Crippen MR) is 78.6 cm³/mol. The van der Waals surface area contributed by atoms with E-state index in [-0.39, 0.29) is 5.56 Å². The number of pyridine rings is 2. The molecule has 0 aliphatic heterocycles. The van der Waals surface area contributed by atoms with Gasteiger partial charge in [0.25, 0.3) is 5.56 Å². The maximum atomic E-state index is 12.0. The molecule has 0 spiro atoms. The number of anilines is 1. The average Bonchev–Trinajstić information content (AvgIpc) is 2.36. The molecule has 0 aliphatic carbocycles. The van der Waals surface area contributed by atoms with Crippen LogP contribution in [0.5, 0.6) is 0 Å². The number of nitrogen functional groups attached to an aromatic ring is 1. The molecule has 0 radical (unpaired) electrons. The Morgan fingerprint density at radius 3 is 2.72 bits per heavy atom. The molecule has 18 heavy (non-hydrogen) atoms. The van der Waals surface area contributed by atoms with Crippen LogP contribution < -0.4 is 11.3 Å². The zero-order valence-electron chi connectivity index (χ0n) is 9.65. The van der Waals surface area contributed by atoms with E-state index in [9.17, 15) is 4.79 Å². The van der Waals surface area contributed by atoms with Crippen molar-refractivity contribution in [3.05, 3.63) is 55.1 Å². The van der Waals surface area contributed by atoms with E-state index in [2.05, 4.69) is 36.8 Å². The number of halogens is 2. The van der Waals surface area contributed by atoms with Crippen molar-refractivity contribution in [3.8, 4) is 0 Å². The Bertz CT molecular complexity index is 635. The molecule has 2 N–H and O–H groups in total. The predicted octanol–water partition coefficient (Wildman–Crippen LogP) is 2.71. The van der Waals surface area contributed by atoms with Gasteiger partial charge in [-0.1, -0.05) is 0 Å². The highest BCUT2D eigenvalue weighted by Gasteiger charge is 2.09. The smallest absolute Gasteiger partial charge is 0.265 e. The Kier molecular flexibility index (Phi) is 3.87. The maximum Gasteiger partial charge on any atom is 0.265 e. The minimum atomic E-state index is -0.105. The molecule has 4 nitrogen and oxygen atoms in total. The maximum absolute atomic E-state index is 12.0. The van der Waals surface area contributed by atoms with E-state index in [4.69, 9.17) is 5.73 Å². The van der Waals surface area contributed by atoms with Crippen LogP contribution in [0.1, 0.15) is 11.3 Å². The van der Waals surface area contributed by atoms with Gasteiger partial charge in [-0.05, 0) is 56.5 Å². The summed E-state index contributed by atoms with van der Waals surface area (Å²) in [6.07, 6.45) is 3.35. The fraction of sp³-hybridized carbons (Fsp3) is 0.167. The highest BCUT2D eigenvalue weighted by atomic mass is 79.9. The molecule has 0 amide bonds. The van der Waals surface area contributed by atoms with E-state index < -0.39 is 0 Å². The Morgan fingerprint density at radius 1 is 1.39 bits per heavy atom. The van der Waals surface area contributed by atoms with Crippen LogP contribution in [-0.4, -0.2) is 9.55 Å². The van der Waals surface area contributed by atoms with Gasteiger partial charge in [-0.25, -0.2) is 0 Å². The lowest BCUT2D eigenvalue weighted by Crippen LogP contribution is -2.23. The Labute approximate surface area is 121 Å². The third-order valence-corrected chi connectivity index (χ3v) is 4.03. The van der Waals surface area contributed by atoms with Gasteiger partial charge >= 0.3 is 0 Å². The zero-order chi connectivity index (χ0) is 13.3. The molecule has 0 aliphatic rings. The molecule has 0 saturated heterocycles. The molecule has 2 aromatic rings. The topological polar surface area (TPSA) is 60.9 Å². The van der Waals surface area contributed by atoms with Gasteiger partial charge in [-0.15, -0.1) is 0 Å². The molecule has 2 heterocycles. The molecular formula is C12H11Br2N3O. The fourth-order valence-corrected chi connectivity index (χ4v) is 2.22. The van der Waals surface area contributed by atoms with E-state index >= 15 is 0 Å². The summed E-state index contributed by atoms with van der Waals surface area (Å²) in [6.45, 7) is 2.21. The molecule has 0 aromatic carbocycles. The molecule has 0 unspecified atom stereocenters. The monoisotopic (exact) mass is 371 g/mol. The van der Waals surface area contributed by atoms with Crippen LogP contribution in [0.15, 0.2) is 38.3 Å². The fourth-order valence-electron chi connectivity index (χ4n) is 1.53. The van der Waals surface area contributed by atoms with Crippen molar-refractivity contribution in [2.75, 3.05) is 5.73 Å². The number of rotatable bonds is 2. The van der Waals surface area contributed by atoms with Crippen molar-refractivity contribution in [1.82, 2.24) is 9.55 Å². The number of hydrogen-bond acceptors (Lipinski definition) is 3. The Morgan fingerprint density at radius 2 is 2.11 bits per heavy atom. The number of aromatic nitrogens is 2. The van der Waals surface area contributed by atoms with E-state index in [1.54, 1.807) is 17.0 Å². The molecule has 0 fully saturated rings. The molecular weight excluding hydrogens is 362 g/mol. The van der Waals surface area contributed by atoms with Crippen LogP contribution in [0.25, 0.3) is 0 Å². The Balaban J connectivity index is 2.41. The van der Waals surface area contributed by atoms with Crippen LogP contribution in [0.4, 0.5) is 5.69 Å². The van der Waals surface area contributed by atoms with Crippen molar-refractivity contribution in [2.45, 2.75) is 13.5 Å². The lowest BCUT2D eigenvalue weighted by molar-refractivity contribution is 0.735. The normalized spacial score (nSPS) is 10.6. The average molecular weight is 373 g/mol. The minimum absolute atomic E-state index is 0.105. The molecule has 2 rings (SSSR count). The molecule has 2 aromatic heterocycles. The largest absolute Gasteiger partial charge is 0.397 e. The van der Waals surface area contributed by atoms with Crippen LogP contribution in [-0.2, 0) is 6.54 Å². The van der Waals surface area contributed by atoms with Crippen LogP contribution in [0.2, 0.25) is 0 Å². The van der Waals surface area contributed by atoms with Gasteiger partial charge in [0.05, 0.1) is 22.4 Å². The summed E-state index contributed by atoms with van der Waals surface area (Å²) in [6, 6.07) is 3.75. The summed E-state index contributed by atoms with van der Waals surface area (Å²) in [5, 5.41) is 0. The van der Waals surface area contributed by atoms with Crippen molar-refractivity contribution in [2.24, 2.45) is 0 Å². The van der Waals surface area contributed by atoms with Gasteiger partial charge in [0, 0.05) is 16.9 Å². The first-order valence-corrected chi connectivity index (χ1v) is 6.83. The van der Waals surface area contributed by atoms with Gasteiger partial charge in [0.1, 0.15) is 0 Å². The summed E-state index contributed by atoms with van der Waals surface area (Å²) >= 11 is 6.58. The lowest BCUT2D eigenvalue weighted by Gasteiger charge is -2.10. The summed E-state index contributed by atoms with van der Waals surface area (Å²) in [5.74, 6) is 0. The second kappa shape index (κ2) is 5.24. The van der Waals surface area contributed by atoms with Gasteiger partial charge in [-0.3, -0.25) is 9.78 Å². The second-order valence-corrected chi connectivity index (χ2v) is 5.63. The quantitative estimate of drug-likeness (QED) is 0.881. The van der Waals surface area contributed by atoms with E-state index in [1.165, 1.54) is 0 Å². The highest BCUT2D eigenvalue weighted by Crippen LogP contribution is 2.17. The SMILES string of the molecule is Cc1c(N)cn(Cc2ccc(Br)cn2)c(=O)c1Br. The van der Waals surface area contributed by atoms with Crippen molar-refractivity contribution in [3.63, 3.8) is 0 Å². The lowest BCUT2D eigenvalue weighted by atomic mass is 10.2. The summed E-state index contributed by atoms with van der Waals surface area (Å²) in [4.78, 5) is 16.3. The first-order chi connectivity index (χ1) is 8.49. The molecule has 0 atom stereocenters. The standard InChI is InChI=1S/C12H11Br2N3O/c1-7-10(15)6-17(12(18)11(7)14)5-9-3-2-8(13)4-16-9/h2-4,6H,5,15H2,1H3. The molecule has 94 valence electrons. The van der Waals surface area contributed by atoms with E-state index in [0.717, 1.165) is 15.7 Å². The van der Waals surface area contributed by atoms with Gasteiger partial charge in [0.2, 0.25) is 0 Å². The third-order valence-electron chi connectivity index (χ3n) is 2.63. The third kappa shape index (κ3) is 2.64. The first kappa shape index (κ1) is 13.3. The zero-order valence-corrected chi connectivity index (χ0v) is 12.8. The molecule has 0 bridgehead atoms. The minimum Gasteiger partial charge on any atom is -0.397 e. The number of nitrogens with zero attached hydrogens (tertiary/aromatic N) is 2. The molecule has 0 saturated carbocycles. The summed E-state index contributed by atoms with van der Waals surface area (Å²) in [5.41, 5.74) is 7.89. The van der Waals surface area contributed by atoms with E-state index in [0.29, 0.717) is 16.7 Å². The van der Waals surface area contributed by atoms with Gasteiger partial charge in [-0.2, -0.15) is 0 Å². The second-order valence-electron chi connectivity index (χ2n) is 3.92. The number of nitrogens with two attached hydrogens (primary N) is 1. The first-order valence-electron chi connectivity index (χ1n) is 5.24. The van der Waals surface area contributed by atoms with E-state index in [1.807, 2.05) is 19.1 Å². The number of hydrogen-bond donors (Lipinski definition) is 1. The van der Waals surface area contributed by atoms with Crippen LogP contribution in [0.3, 0.4) is 0 Å². The van der Waals surface area contributed by atoms with Crippen molar-refractivity contribution >= 4 is 37.5 Å². The van der Waals surface area contributed by atoms with Gasteiger partial charge in [0.15, 0.2) is 0 Å². The summed E-state index contributed by atoms with van der Waals surface area (Å²) in [7, 11) is 0. The molecule has 6 heteroatoms. The highest BCUT2D eigenvalue weighted by molar-refractivity contribution is 9.10. The summed E-state index contributed by atoms with van der Waals surface area (Å²) < 4.78 is 2.95. The van der Waals surface area contributed by atoms with Gasteiger partial charge < -0.3 is 10.3 Å². The Hall–Kier alpha value is -1.14. The van der Waals surface area contributed by atoms with Crippen LogP contribution in [0, 0.1) is 6.92 Å².